The molecule has 0 amide bonds. The first-order valence-corrected chi connectivity index (χ1v) is 6.54. The van der Waals surface area contributed by atoms with Crippen LogP contribution in [0.3, 0.4) is 0 Å². The molecule has 0 atom stereocenters. The van der Waals surface area contributed by atoms with E-state index in [0.717, 1.165) is 18.8 Å². The van der Waals surface area contributed by atoms with E-state index in [1.165, 1.54) is 30.5 Å². The second kappa shape index (κ2) is 4.69. The van der Waals surface area contributed by atoms with Crippen LogP contribution in [-0.2, 0) is 13.1 Å². The lowest BCUT2D eigenvalue weighted by Gasteiger charge is -2.20. The summed E-state index contributed by atoms with van der Waals surface area (Å²) in [5.41, 5.74) is 10.0. The number of fused-ring (bicyclic) bond motifs is 1. The van der Waals surface area contributed by atoms with Crippen LogP contribution in [0.1, 0.15) is 44.7 Å². The van der Waals surface area contributed by atoms with E-state index in [4.69, 9.17) is 5.73 Å². The maximum atomic E-state index is 5.81. The number of nitrogens with two attached hydrogens (primary N) is 1. The fourth-order valence-electron chi connectivity index (χ4n) is 2.48. The zero-order chi connectivity index (χ0) is 12.5. The summed E-state index contributed by atoms with van der Waals surface area (Å²) in [6, 6.07) is 6.31. The van der Waals surface area contributed by atoms with Gasteiger partial charge in [0.05, 0.1) is 0 Å². The predicted octanol–water partition coefficient (Wildman–Crippen LogP) is 3.41. The molecule has 2 nitrogen and oxygen atoms in total. The second-order valence-corrected chi connectivity index (χ2v) is 6.40. The van der Waals surface area contributed by atoms with Crippen LogP contribution in [0.15, 0.2) is 18.2 Å². The van der Waals surface area contributed by atoms with Crippen LogP contribution in [0.4, 0.5) is 5.69 Å². The van der Waals surface area contributed by atoms with Gasteiger partial charge in [-0.1, -0.05) is 26.8 Å². The van der Waals surface area contributed by atoms with Crippen molar-refractivity contribution in [3.63, 3.8) is 0 Å². The van der Waals surface area contributed by atoms with Crippen LogP contribution in [-0.4, -0.2) is 11.4 Å². The normalized spacial score (nSPS) is 16.2. The van der Waals surface area contributed by atoms with Gasteiger partial charge in [-0.2, -0.15) is 0 Å². The molecule has 2 rings (SSSR count). The number of anilines is 1. The van der Waals surface area contributed by atoms with Crippen molar-refractivity contribution < 1.29 is 0 Å². The molecule has 1 aliphatic rings. The summed E-state index contributed by atoms with van der Waals surface area (Å²) in [7, 11) is 0. The quantitative estimate of drug-likeness (QED) is 0.809. The first-order valence-electron chi connectivity index (χ1n) is 6.54. The van der Waals surface area contributed by atoms with E-state index in [9.17, 15) is 0 Å². The summed E-state index contributed by atoms with van der Waals surface area (Å²) in [4.78, 5) is 2.52. The molecule has 0 fully saturated rings. The van der Waals surface area contributed by atoms with Crippen LogP contribution in [0.25, 0.3) is 0 Å². The molecule has 0 spiro atoms. The molecule has 1 aliphatic heterocycles. The molecule has 17 heavy (non-hydrogen) atoms. The van der Waals surface area contributed by atoms with Crippen molar-refractivity contribution in [2.45, 2.75) is 46.7 Å². The molecule has 1 heterocycles. The van der Waals surface area contributed by atoms with E-state index in [-0.39, 0.29) is 0 Å². The molecular weight excluding hydrogens is 208 g/mol. The van der Waals surface area contributed by atoms with Crippen LogP contribution >= 0.6 is 0 Å². The number of rotatable bonds is 3. The van der Waals surface area contributed by atoms with Gasteiger partial charge in [0.1, 0.15) is 0 Å². The van der Waals surface area contributed by atoms with Gasteiger partial charge in [-0.25, -0.2) is 0 Å². The Kier molecular flexibility index (Phi) is 3.43. The van der Waals surface area contributed by atoms with E-state index in [2.05, 4.69) is 37.8 Å². The van der Waals surface area contributed by atoms with Crippen LogP contribution in [0.5, 0.6) is 0 Å². The zero-order valence-corrected chi connectivity index (χ0v) is 11.3. The van der Waals surface area contributed by atoms with E-state index < -0.39 is 0 Å². The average Bonchev–Trinajstić information content (AvgIpc) is 2.57. The van der Waals surface area contributed by atoms with E-state index in [1.807, 2.05) is 6.07 Å². The Balaban J connectivity index is 1.84. The maximum absolute atomic E-state index is 5.81. The van der Waals surface area contributed by atoms with Gasteiger partial charge in [0.25, 0.3) is 0 Å². The molecule has 94 valence electrons. The lowest BCUT2D eigenvalue weighted by Crippen LogP contribution is -2.19. The topological polar surface area (TPSA) is 29.3 Å². The Hall–Kier alpha value is -1.02. The summed E-state index contributed by atoms with van der Waals surface area (Å²) < 4.78 is 0. The zero-order valence-electron chi connectivity index (χ0n) is 11.3. The standard InChI is InChI=1S/C15H24N2/c1-15(2,3)7-4-8-17-10-12-5-6-14(16)9-13(12)11-17/h5-6,9H,4,7-8,10-11,16H2,1-3H3. The second-order valence-electron chi connectivity index (χ2n) is 6.40. The Morgan fingerprint density at radius 3 is 2.59 bits per heavy atom. The third kappa shape index (κ3) is 3.47. The molecule has 0 bridgehead atoms. The minimum absolute atomic E-state index is 0.455. The summed E-state index contributed by atoms with van der Waals surface area (Å²) >= 11 is 0. The van der Waals surface area contributed by atoms with Crippen molar-refractivity contribution in [3.8, 4) is 0 Å². The highest BCUT2D eigenvalue weighted by molar-refractivity contribution is 5.46. The highest BCUT2D eigenvalue weighted by Crippen LogP contribution is 2.26. The summed E-state index contributed by atoms with van der Waals surface area (Å²) in [6.07, 6.45) is 2.58. The number of nitrogen functional groups attached to an aromatic ring is 1. The third-order valence-corrected chi connectivity index (χ3v) is 3.42. The van der Waals surface area contributed by atoms with Crippen LogP contribution in [0.2, 0.25) is 0 Å². The van der Waals surface area contributed by atoms with Crippen LogP contribution < -0.4 is 5.73 Å². The van der Waals surface area contributed by atoms with Crippen molar-refractivity contribution in [2.75, 3.05) is 12.3 Å². The first kappa shape index (κ1) is 12.4. The summed E-state index contributed by atoms with van der Waals surface area (Å²) in [5, 5.41) is 0. The Morgan fingerprint density at radius 2 is 1.88 bits per heavy atom. The Labute approximate surface area is 105 Å². The number of hydrogen-bond acceptors (Lipinski definition) is 2. The molecule has 2 N–H and O–H groups in total. The molecule has 0 aromatic heterocycles. The van der Waals surface area contributed by atoms with Crippen molar-refractivity contribution in [1.82, 2.24) is 4.90 Å². The number of nitrogens with zero attached hydrogens (tertiary/aromatic N) is 1. The Bertz CT molecular complexity index is 390. The molecule has 0 aliphatic carbocycles. The fourth-order valence-corrected chi connectivity index (χ4v) is 2.48. The molecule has 1 aromatic rings. The van der Waals surface area contributed by atoms with Gasteiger partial charge < -0.3 is 5.73 Å². The molecule has 0 unspecified atom stereocenters. The lowest BCUT2D eigenvalue weighted by atomic mass is 9.90. The molecule has 0 saturated carbocycles. The minimum Gasteiger partial charge on any atom is -0.399 e. The van der Waals surface area contributed by atoms with E-state index in [0.29, 0.717) is 5.41 Å². The molecule has 0 radical (unpaired) electrons. The SMILES string of the molecule is CC(C)(C)CCCN1Cc2ccc(N)cc2C1. The maximum Gasteiger partial charge on any atom is 0.0317 e. The largest absolute Gasteiger partial charge is 0.399 e. The van der Waals surface area contributed by atoms with Gasteiger partial charge in [-0.15, -0.1) is 0 Å². The molecule has 1 aromatic carbocycles. The average molecular weight is 232 g/mol. The summed E-state index contributed by atoms with van der Waals surface area (Å²) in [6.45, 7) is 10.3. The van der Waals surface area contributed by atoms with Gasteiger partial charge >= 0.3 is 0 Å². The van der Waals surface area contributed by atoms with Crippen molar-refractivity contribution in [2.24, 2.45) is 5.41 Å². The van der Waals surface area contributed by atoms with Gasteiger partial charge in [-0.3, -0.25) is 4.90 Å². The third-order valence-electron chi connectivity index (χ3n) is 3.42. The molecule has 2 heteroatoms. The molecular formula is C15H24N2. The van der Waals surface area contributed by atoms with Gasteiger partial charge in [-0.05, 0) is 48.1 Å². The highest BCUT2D eigenvalue weighted by Gasteiger charge is 2.19. The highest BCUT2D eigenvalue weighted by atomic mass is 15.1. The van der Waals surface area contributed by atoms with Gasteiger partial charge in [0, 0.05) is 18.8 Å². The number of hydrogen-bond donors (Lipinski definition) is 1. The molecule has 0 saturated heterocycles. The summed E-state index contributed by atoms with van der Waals surface area (Å²) in [5.74, 6) is 0. The lowest BCUT2D eigenvalue weighted by molar-refractivity contribution is 0.253. The van der Waals surface area contributed by atoms with Gasteiger partial charge in [0.15, 0.2) is 0 Å². The Morgan fingerprint density at radius 1 is 1.18 bits per heavy atom. The fraction of sp³-hybridized carbons (Fsp3) is 0.600. The first-order chi connectivity index (χ1) is 7.94. The predicted molar refractivity (Wildman–Crippen MR) is 73.7 cm³/mol. The van der Waals surface area contributed by atoms with Crippen LogP contribution in [0, 0.1) is 5.41 Å². The van der Waals surface area contributed by atoms with Crippen molar-refractivity contribution in [1.29, 1.82) is 0 Å². The van der Waals surface area contributed by atoms with Gasteiger partial charge in [0.2, 0.25) is 0 Å². The van der Waals surface area contributed by atoms with Crippen molar-refractivity contribution >= 4 is 5.69 Å². The monoisotopic (exact) mass is 232 g/mol. The van der Waals surface area contributed by atoms with Crippen molar-refractivity contribution in [3.05, 3.63) is 29.3 Å². The van der Waals surface area contributed by atoms with E-state index >= 15 is 0 Å². The minimum atomic E-state index is 0.455. The van der Waals surface area contributed by atoms with E-state index in [1.54, 1.807) is 0 Å². The number of benzene rings is 1. The smallest absolute Gasteiger partial charge is 0.0317 e.